The minimum Gasteiger partial charge on any atom is -0.111 e. The van der Waals surface area contributed by atoms with E-state index in [9.17, 15) is 0 Å². The maximum atomic E-state index is 4.15. The Balaban J connectivity index is 3.07. The fourth-order valence-electron chi connectivity index (χ4n) is 0.653. The molecule has 0 fully saturated rings. The third kappa shape index (κ3) is 3.67. The molecule has 0 heterocycles. The van der Waals surface area contributed by atoms with Gasteiger partial charge in [-0.2, -0.15) is 0 Å². The van der Waals surface area contributed by atoms with Gasteiger partial charge in [0, 0.05) is 5.25 Å². The van der Waals surface area contributed by atoms with Crippen LogP contribution in [-0.2, 0) is 0 Å². The van der Waals surface area contributed by atoms with Crippen molar-refractivity contribution >= 4 is 22.5 Å². The summed E-state index contributed by atoms with van der Waals surface area (Å²) in [6.45, 7) is 4.43. The second-order valence-electron chi connectivity index (χ2n) is 1.92. The highest BCUT2D eigenvalue weighted by molar-refractivity contribution is 8.68. The highest BCUT2D eigenvalue weighted by Gasteiger charge is 2.00. The molecule has 0 aromatic heterocycles. The Morgan fingerprint density at radius 3 is 2.25 bits per heavy atom. The van der Waals surface area contributed by atoms with Crippen molar-refractivity contribution in [3.8, 4) is 0 Å². The van der Waals surface area contributed by atoms with E-state index in [2.05, 4.69) is 25.5 Å². The van der Waals surface area contributed by atoms with E-state index < -0.39 is 0 Å². The molecule has 0 radical (unpaired) electrons. The summed E-state index contributed by atoms with van der Waals surface area (Å²) in [5.41, 5.74) is 0. The topological polar surface area (TPSA) is 0 Å². The third-order valence-corrected chi connectivity index (χ3v) is 2.98. The third-order valence-electron chi connectivity index (χ3n) is 1.22. The minimum atomic E-state index is 0.781. The molecule has 0 nitrogen and oxygen atoms in total. The molecule has 0 spiro atoms. The van der Waals surface area contributed by atoms with E-state index in [1.165, 1.54) is 19.3 Å². The fourth-order valence-corrected chi connectivity index (χ4v) is 1.91. The van der Waals surface area contributed by atoms with Crippen molar-refractivity contribution in [1.29, 1.82) is 0 Å². The average molecular weight is 150 g/mol. The first kappa shape index (κ1) is 8.70. The van der Waals surface area contributed by atoms with E-state index >= 15 is 0 Å². The smallest absolute Gasteiger partial charge is 0.0146 e. The van der Waals surface area contributed by atoms with Gasteiger partial charge in [0.2, 0.25) is 0 Å². The summed E-state index contributed by atoms with van der Waals surface area (Å²) in [6, 6.07) is 0. The molecule has 1 atom stereocenters. The van der Waals surface area contributed by atoms with Gasteiger partial charge in [-0.1, -0.05) is 31.1 Å². The first-order chi connectivity index (χ1) is 3.85. The van der Waals surface area contributed by atoms with Gasteiger partial charge >= 0.3 is 0 Å². The van der Waals surface area contributed by atoms with Crippen LogP contribution in [-0.4, -0.2) is 5.25 Å². The minimum absolute atomic E-state index is 0.781. The van der Waals surface area contributed by atoms with Crippen molar-refractivity contribution in [2.45, 2.75) is 38.4 Å². The molecule has 0 rings (SSSR count). The quantitative estimate of drug-likeness (QED) is 0.474. The average Bonchev–Trinajstić information content (AvgIpc) is 1.83. The fraction of sp³-hybridized carbons (Fsp3) is 1.00. The molecular weight excluding hydrogens is 136 g/mol. The molecule has 0 aliphatic heterocycles. The standard InChI is InChI=1S/C6H14S2/c1-3-5-6(4-2)8-7/h6-7H,3-5H2,1-2H3. The van der Waals surface area contributed by atoms with E-state index in [0.29, 0.717) is 0 Å². The van der Waals surface area contributed by atoms with Gasteiger partial charge < -0.3 is 0 Å². The summed E-state index contributed by atoms with van der Waals surface area (Å²) in [5.74, 6) is 0. The normalized spacial score (nSPS) is 13.9. The number of hydrogen-bond acceptors (Lipinski definition) is 2. The molecule has 0 bridgehead atoms. The van der Waals surface area contributed by atoms with Crippen molar-refractivity contribution in [2.24, 2.45) is 0 Å². The van der Waals surface area contributed by atoms with Gasteiger partial charge in [0.25, 0.3) is 0 Å². The van der Waals surface area contributed by atoms with E-state index in [1.54, 1.807) is 10.8 Å². The zero-order valence-corrected chi connectivity index (χ0v) is 7.27. The Morgan fingerprint density at radius 2 is 2.12 bits per heavy atom. The van der Waals surface area contributed by atoms with Crippen LogP contribution in [0.4, 0.5) is 0 Å². The van der Waals surface area contributed by atoms with E-state index in [-0.39, 0.29) is 0 Å². The zero-order chi connectivity index (χ0) is 6.41. The summed E-state index contributed by atoms with van der Waals surface area (Å²) in [4.78, 5) is 0. The lowest BCUT2D eigenvalue weighted by Gasteiger charge is -2.06. The molecule has 0 aliphatic rings. The summed E-state index contributed by atoms with van der Waals surface area (Å²) < 4.78 is 0. The summed E-state index contributed by atoms with van der Waals surface area (Å²) >= 11 is 4.15. The van der Waals surface area contributed by atoms with Crippen molar-refractivity contribution < 1.29 is 0 Å². The lowest BCUT2D eigenvalue weighted by Crippen LogP contribution is -1.95. The van der Waals surface area contributed by atoms with Crippen LogP contribution in [0.15, 0.2) is 0 Å². The largest absolute Gasteiger partial charge is 0.111 e. The van der Waals surface area contributed by atoms with Crippen LogP contribution in [0.1, 0.15) is 33.1 Å². The molecule has 0 amide bonds. The van der Waals surface area contributed by atoms with Crippen molar-refractivity contribution in [2.75, 3.05) is 0 Å². The van der Waals surface area contributed by atoms with Gasteiger partial charge in [-0.15, -0.1) is 11.7 Å². The van der Waals surface area contributed by atoms with Crippen LogP contribution < -0.4 is 0 Å². The predicted octanol–water partition coefficient (Wildman–Crippen LogP) is 3.14. The van der Waals surface area contributed by atoms with Gasteiger partial charge in [0.15, 0.2) is 0 Å². The summed E-state index contributed by atoms with van der Waals surface area (Å²) in [5, 5.41) is 0.781. The second-order valence-corrected chi connectivity index (χ2v) is 3.43. The Morgan fingerprint density at radius 1 is 1.50 bits per heavy atom. The highest BCUT2D eigenvalue weighted by Crippen LogP contribution is 2.21. The van der Waals surface area contributed by atoms with Crippen molar-refractivity contribution in [3.05, 3.63) is 0 Å². The Bertz CT molecular complexity index is 41.8. The second kappa shape index (κ2) is 5.83. The van der Waals surface area contributed by atoms with Gasteiger partial charge in [0.05, 0.1) is 0 Å². The Hall–Kier alpha value is 0.700. The van der Waals surface area contributed by atoms with Crippen molar-refractivity contribution in [3.63, 3.8) is 0 Å². The first-order valence-corrected chi connectivity index (χ1v) is 5.08. The van der Waals surface area contributed by atoms with Crippen LogP contribution in [0.5, 0.6) is 0 Å². The van der Waals surface area contributed by atoms with Gasteiger partial charge in [-0.05, 0) is 12.8 Å². The summed E-state index contributed by atoms with van der Waals surface area (Å²) in [7, 11) is 1.69. The van der Waals surface area contributed by atoms with Crippen LogP contribution >= 0.6 is 22.5 Å². The number of thiol groups is 1. The molecule has 2 heteroatoms. The molecule has 50 valence electrons. The number of rotatable bonds is 4. The zero-order valence-electron chi connectivity index (χ0n) is 5.55. The van der Waals surface area contributed by atoms with Crippen LogP contribution in [0, 0.1) is 0 Å². The first-order valence-electron chi connectivity index (χ1n) is 3.15. The lowest BCUT2D eigenvalue weighted by atomic mass is 10.2. The predicted molar refractivity (Wildman–Crippen MR) is 45.6 cm³/mol. The molecule has 0 aromatic rings. The molecule has 0 N–H and O–H groups in total. The van der Waals surface area contributed by atoms with Gasteiger partial charge in [0.1, 0.15) is 0 Å². The van der Waals surface area contributed by atoms with Gasteiger partial charge in [-0.3, -0.25) is 0 Å². The maximum Gasteiger partial charge on any atom is 0.0146 e. The van der Waals surface area contributed by atoms with Gasteiger partial charge in [-0.25, -0.2) is 0 Å². The molecular formula is C6H14S2. The van der Waals surface area contributed by atoms with Crippen LogP contribution in [0.3, 0.4) is 0 Å². The molecule has 0 aliphatic carbocycles. The van der Waals surface area contributed by atoms with E-state index in [0.717, 1.165) is 5.25 Å². The monoisotopic (exact) mass is 150 g/mol. The van der Waals surface area contributed by atoms with E-state index in [1.807, 2.05) is 0 Å². The summed E-state index contributed by atoms with van der Waals surface area (Å²) in [6.07, 6.45) is 3.85. The molecule has 0 saturated heterocycles. The van der Waals surface area contributed by atoms with E-state index in [4.69, 9.17) is 0 Å². The molecule has 0 aromatic carbocycles. The lowest BCUT2D eigenvalue weighted by molar-refractivity contribution is 0.723. The SMILES string of the molecule is CCCC(CC)SS. The Kier molecular flexibility index (Phi) is 6.34. The highest BCUT2D eigenvalue weighted by atomic mass is 33.1. The Labute approximate surface area is 61.2 Å². The molecule has 1 unspecified atom stereocenters. The van der Waals surface area contributed by atoms with Crippen molar-refractivity contribution in [1.82, 2.24) is 0 Å². The van der Waals surface area contributed by atoms with Crippen LogP contribution in [0.2, 0.25) is 0 Å². The maximum absolute atomic E-state index is 4.15. The number of hydrogen-bond donors (Lipinski definition) is 1. The molecule has 8 heavy (non-hydrogen) atoms. The molecule has 0 saturated carbocycles. The van der Waals surface area contributed by atoms with Crippen LogP contribution in [0.25, 0.3) is 0 Å².